The molecule has 2 aromatic rings. The average molecular weight is 488 g/mol. The molecule has 3 nitrogen and oxygen atoms in total. The van der Waals surface area contributed by atoms with Crippen molar-refractivity contribution in [2.24, 2.45) is 45.7 Å². The van der Waals surface area contributed by atoms with Crippen LogP contribution in [-0.2, 0) is 0 Å². The summed E-state index contributed by atoms with van der Waals surface area (Å²) in [5.41, 5.74) is 4.43. The standard InChI is InChI=1S/C33H49N3/c1-22(2)30-17-11-25(6)20-32(30)36(33-21-26(7)12-18-31(33)23(3)4)29-15-13-27(14-16-29)34-35-28-10-8-9-24(5)19-28/h8-10,13-16,19,22-23,25-26,30-33H,11-12,17-18,20-21H2,1-7H3. The average Bonchev–Trinajstić information content (AvgIpc) is 2.83. The van der Waals surface area contributed by atoms with Gasteiger partial charge in [0.05, 0.1) is 11.4 Å². The molecule has 2 aromatic carbocycles. The first-order valence-corrected chi connectivity index (χ1v) is 14.6. The third-order valence-electron chi connectivity index (χ3n) is 9.12. The third kappa shape index (κ3) is 6.39. The zero-order chi connectivity index (χ0) is 25.8. The highest BCUT2D eigenvalue weighted by Gasteiger charge is 2.42. The topological polar surface area (TPSA) is 28.0 Å². The van der Waals surface area contributed by atoms with Crippen LogP contribution in [0.15, 0.2) is 58.8 Å². The van der Waals surface area contributed by atoms with E-state index < -0.39 is 0 Å². The molecule has 2 saturated carbocycles. The molecule has 0 bridgehead atoms. The molecule has 6 unspecified atom stereocenters. The van der Waals surface area contributed by atoms with Crippen LogP contribution in [0.2, 0.25) is 0 Å². The number of hydrogen-bond acceptors (Lipinski definition) is 3. The second-order valence-corrected chi connectivity index (χ2v) is 12.7. The number of hydrogen-bond donors (Lipinski definition) is 0. The minimum Gasteiger partial charge on any atom is -0.365 e. The maximum atomic E-state index is 4.56. The van der Waals surface area contributed by atoms with Gasteiger partial charge in [-0.15, -0.1) is 0 Å². The van der Waals surface area contributed by atoms with Crippen LogP contribution in [0.25, 0.3) is 0 Å². The van der Waals surface area contributed by atoms with Crippen molar-refractivity contribution < 1.29 is 0 Å². The summed E-state index contributed by atoms with van der Waals surface area (Å²) in [5, 5.41) is 9.05. The van der Waals surface area contributed by atoms with Crippen LogP contribution in [0, 0.1) is 42.4 Å². The van der Waals surface area contributed by atoms with Gasteiger partial charge in [-0.3, -0.25) is 0 Å². The molecule has 0 aliphatic heterocycles. The van der Waals surface area contributed by atoms with E-state index in [1.165, 1.54) is 49.8 Å². The fraction of sp³-hybridized carbons (Fsp3) is 0.636. The summed E-state index contributed by atoms with van der Waals surface area (Å²) in [6.45, 7) is 16.8. The van der Waals surface area contributed by atoms with Gasteiger partial charge in [0.15, 0.2) is 0 Å². The molecule has 0 saturated heterocycles. The van der Waals surface area contributed by atoms with Gasteiger partial charge >= 0.3 is 0 Å². The van der Waals surface area contributed by atoms with Gasteiger partial charge in [-0.25, -0.2) is 0 Å². The van der Waals surface area contributed by atoms with Gasteiger partial charge in [-0.1, -0.05) is 66.5 Å². The maximum Gasteiger partial charge on any atom is 0.0859 e. The molecule has 0 spiro atoms. The number of benzene rings is 2. The van der Waals surface area contributed by atoms with Crippen LogP contribution < -0.4 is 4.90 Å². The Bertz CT molecular complexity index is 960. The second kappa shape index (κ2) is 11.9. The fourth-order valence-electron chi connectivity index (χ4n) is 7.07. The number of nitrogens with zero attached hydrogens (tertiary/aromatic N) is 3. The predicted molar refractivity (Wildman–Crippen MR) is 155 cm³/mol. The van der Waals surface area contributed by atoms with E-state index in [-0.39, 0.29) is 0 Å². The Kier molecular flexibility index (Phi) is 8.91. The highest BCUT2D eigenvalue weighted by molar-refractivity contribution is 5.55. The van der Waals surface area contributed by atoms with Crippen LogP contribution >= 0.6 is 0 Å². The lowest BCUT2D eigenvalue weighted by molar-refractivity contribution is 0.136. The molecule has 0 aromatic heterocycles. The van der Waals surface area contributed by atoms with Gasteiger partial charge in [0.2, 0.25) is 0 Å². The first kappa shape index (κ1) is 26.9. The lowest BCUT2D eigenvalue weighted by Gasteiger charge is -2.53. The molecular formula is C33H49N3. The van der Waals surface area contributed by atoms with E-state index in [4.69, 9.17) is 0 Å². The molecule has 0 N–H and O–H groups in total. The van der Waals surface area contributed by atoms with Crippen LogP contribution in [0.4, 0.5) is 17.1 Å². The van der Waals surface area contributed by atoms with Gasteiger partial charge in [0.25, 0.3) is 0 Å². The van der Waals surface area contributed by atoms with Gasteiger partial charge in [0, 0.05) is 17.8 Å². The van der Waals surface area contributed by atoms with Gasteiger partial charge in [-0.05, 0) is 110 Å². The van der Waals surface area contributed by atoms with Crippen LogP contribution in [-0.4, -0.2) is 12.1 Å². The smallest absolute Gasteiger partial charge is 0.0859 e. The van der Waals surface area contributed by atoms with Gasteiger partial charge in [0.1, 0.15) is 0 Å². The summed E-state index contributed by atoms with van der Waals surface area (Å²) in [6, 6.07) is 18.5. The summed E-state index contributed by atoms with van der Waals surface area (Å²) in [5.74, 6) is 4.54. The van der Waals surface area contributed by atoms with Gasteiger partial charge in [-0.2, -0.15) is 10.2 Å². The van der Waals surface area contributed by atoms with Crippen LogP contribution in [0.3, 0.4) is 0 Å². The quantitative estimate of drug-likeness (QED) is 0.357. The SMILES string of the molecule is Cc1cccc(N=Nc2ccc(N(C3CC(C)CCC3C(C)C)C3CC(C)CCC3C(C)C)cc2)c1. The Hall–Kier alpha value is -2.16. The molecule has 3 heteroatoms. The largest absolute Gasteiger partial charge is 0.365 e. The number of anilines is 1. The highest BCUT2D eigenvalue weighted by atomic mass is 15.2. The Morgan fingerprint density at radius 2 is 1.22 bits per heavy atom. The van der Waals surface area contributed by atoms with Crippen LogP contribution in [0.1, 0.15) is 85.6 Å². The Morgan fingerprint density at radius 3 is 1.72 bits per heavy atom. The Morgan fingerprint density at radius 1 is 0.694 bits per heavy atom. The zero-order valence-corrected chi connectivity index (χ0v) is 23.8. The lowest BCUT2D eigenvalue weighted by atomic mass is 9.69. The van der Waals surface area contributed by atoms with Gasteiger partial charge < -0.3 is 4.90 Å². The molecule has 36 heavy (non-hydrogen) atoms. The van der Waals surface area contributed by atoms with E-state index in [9.17, 15) is 0 Å². The molecule has 2 aliphatic rings. The summed E-state index contributed by atoms with van der Waals surface area (Å²) in [4.78, 5) is 2.92. The van der Waals surface area contributed by atoms with Crippen molar-refractivity contribution in [3.05, 3.63) is 54.1 Å². The monoisotopic (exact) mass is 487 g/mol. The lowest BCUT2D eigenvalue weighted by Crippen LogP contribution is -2.55. The summed E-state index contributed by atoms with van der Waals surface area (Å²) in [7, 11) is 0. The third-order valence-corrected chi connectivity index (χ3v) is 9.12. The number of rotatable bonds is 7. The summed E-state index contributed by atoms with van der Waals surface area (Å²) < 4.78 is 0. The van der Waals surface area contributed by atoms with Crippen molar-refractivity contribution in [3.8, 4) is 0 Å². The second-order valence-electron chi connectivity index (χ2n) is 12.7. The molecule has 196 valence electrons. The molecule has 4 rings (SSSR count). The minimum atomic E-state index is 0.616. The molecular weight excluding hydrogens is 438 g/mol. The van der Waals surface area contributed by atoms with E-state index in [1.807, 2.05) is 12.1 Å². The number of aryl methyl sites for hydroxylation is 1. The Balaban J connectivity index is 1.68. The molecule has 2 fully saturated rings. The van der Waals surface area contributed by atoms with Crippen molar-refractivity contribution in [1.29, 1.82) is 0 Å². The maximum absolute atomic E-state index is 4.56. The van der Waals surface area contributed by atoms with E-state index in [1.54, 1.807) is 0 Å². The number of azo groups is 1. The minimum absolute atomic E-state index is 0.616. The molecule has 2 aliphatic carbocycles. The predicted octanol–water partition coefficient (Wildman–Crippen LogP) is 10.1. The van der Waals surface area contributed by atoms with Crippen molar-refractivity contribution in [2.75, 3.05) is 4.90 Å². The Labute approximate surface area is 220 Å². The molecule has 0 heterocycles. The molecule has 6 atom stereocenters. The van der Waals surface area contributed by atoms with E-state index in [0.717, 1.165) is 35.0 Å². The molecule has 0 radical (unpaired) electrons. The first-order valence-electron chi connectivity index (χ1n) is 14.6. The molecule has 0 amide bonds. The van der Waals surface area contributed by atoms with Crippen molar-refractivity contribution in [3.63, 3.8) is 0 Å². The van der Waals surface area contributed by atoms with Crippen molar-refractivity contribution in [1.82, 2.24) is 0 Å². The normalized spacial score (nSPS) is 29.2. The zero-order valence-electron chi connectivity index (χ0n) is 23.8. The van der Waals surface area contributed by atoms with Crippen molar-refractivity contribution >= 4 is 17.1 Å². The van der Waals surface area contributed by atoms with E-state index >= 15 is 0 Å². The van der Waals surface area contributed by atoms with E-state index in [2.05, 4.69) is 100.0 Å². The van der Waals surface area contributed by atoms with E-state index in [0.29, 0.717) is 23.9 Å². The first-order chi connectivity index (χ1) is 17.2. The summed E-state index contributed by atoms with van der Waals surface area (Å²) >= 11 is 0. The summed E-state index contributed by atoms with van der Waals surface area (Å²) in [6.07, 6.45) is 8.09. The van der Waals surface area contributed by atoms with Crippen molar-refractivity contribution in [2.45, 2.75) is 99.1 Å². The highest BCUT2D eigenvalue weighted by Crippen LogP contribution is 2.45. The van der Waals surface area contributed by atoms with Crippen LogP contribution in [0.5, 0.6) is 0 Å². The fourth-order valence-corrected chi connectivity index (χ4v) is 7.07.